The number of aliphatic imine (C=N–C) groups is 1. The highest BCUT2D eigenvalue weighted by atomic mass is 32.2. The summed E-state index contributed by atoms with van der Waals surface area (Å²) in [6.45, 7) is 8.37. The van der Waals surface area contributed by atoms with Gasteiger partial charge in [0.2, 0.25) is 0 Å². The van der Waals surface area contributed by atoms with Crippen molar-refractivity contribution in [3.63, 3.8) is 0 Å². The van der Waals surface area contributed by atoms with Gasteiger partial charge in [-0.2, -0.15) is 5.10 Å². The van der Waals surface area contributed by atoms with Crippen LogP contribution in [0.2, 0.25) is 0 Å². The van der Waals surface area contributed by atoms with Crippen LogP contribution in [0.5, 0.6) is 0 Å². The van der Waals surface area contributed by atoms with Crippen molar-refractivity contribution in [3.8, 4) is 0 Å². The summed E-state index contributed by atoms with van der Waals surface area (Å²) < 4.78 is 27.0. The Bertz CT molecular complexity index is 1150. The van der Waals surface area contributed by atoms with E-state index in [2.05, 4.69) is 35.6 Å². The molecule has 3 heterocycles. The number of hydrogen-bond donors (Lipinski definition) is 1. The van der Waals surface area contributed by atoms with Crippen molar-refractivity contribution in [1.29, 1.82) is 0 Å². The predicted octanol–water partition coefficient (Wildman–Crippen LogP) is 5.22. The van der Waals surface area contributed by atoms with E-state index in [-0.39, 0.29) is 6.04 Å². The first-order valence-electron chi connectivity index (χ1n) is 9.33. The molecule has 5 nitrogen and oxygen atoms in total. The molecule has 2 aromatic heterocycles. The molecule has 1 aromatic carbocycles. The predicted molar refractivity (Wildman–Crippen MR) is 114 cm³/mol. The van der Waals surface area contributed by atoms with E-state index in [4.69, 9.17) is 9.83 Å². The van der Waals surface area contributed by atoms with Crippen LogP contribution in [-0.4, -0.2) is 22.6 Å². The van der Waals surface area contributed by atoms with Crippen LogP contribution in [0.3, 0.4) is 0 Å². The van der Waals surface area contributed by atoms with Crippen molar-refractivity contribution >= 4 is 28.9 Å². The van der Waals surface area contributed by atoms with Crippen LogP contribution in [0.25, 0.3) is 0 Å². The van der Waals surface area contributed by atoms with Crippen molar-refractivity contribution in [2.75, 3.05) is 6.61 Å². The average Bonchev–Trinajstić information content (AvgIpc) is 3.06. The molecule has 4 rings (SSSR count). The third kappa shape index (κ3) is 4.10. The van der Waals surface area contributed by atoms with Crippen LogP contribution >= 0.6 is 23.1 Å². The Labute approximate surface area is 181 Å². The number of halogens is 2. The Balaban J connectivity index is 1.76. The number of hydrogen-bond acceptors (Lipinski definition) is 7. The summed E-state index contributed by atoms with van der Waals surface area (Å²) in [5.74, 6) is -1.24. The maximum atomic E-state index is 13.7. The minimum Gasteiger partial charge on any atom is -0.272 e. The minimum atomic E-state index is -0.904. The lowest BCUT2D eigenvalue weighted by Crippen LogP contribution is -2.34. The zero-order valence-electron chi connectivity index (χ0n) is 16.9. The zero-order chi connectivity index (χ0) is 21.4. The summed E-state index contributed by atoms with van der Waals surface area (Å²) in [7, 11) is 0. The van der Waals surface area contributed by atoms with Gasteiger partial charge in [-0.05, 0) is 63.1 Å². The van der Waals surface area contributed by atoms with E-state index in [1.165, 1.54) is 27.6 Å². The lowest BCUT2D eigenvalue weighted by molar-refractivity contribution is 0.0620. The second kappa shape index (κ2) is 8.41. The first kappa shape index (κ1) is 20.9. The molecule has 30 heavy (non-hydrogen) atoms. The van der Waals surface area contributed by atoms with E-state index < -0.39 is 11.6 Å². The van der Waals surface area contributed by atoms with E-state index in [0.29, 0.717) is 22.4 Å². The molecule has 0 unspecified atom stereocenters. The second-order valence-corrected chi connectivity index (χ2v) is 9.57. The third-order valence-electron chi connectivity index (χ3n) is 4.90. The molecule has 9 heteroatoms. The lowest BCUT2D eigenvalue weighted by Gasteiger charge is -2.24. The molecule has 0 bridgehead atoms. The van der Waals surface area contributed by atoms with Crippen LogP contribution in [0, 0.1) is 39.3 Å². The normalized spacial score (nSPS) is 16.3. The minimum absolute atomic E-state index is 0.139. The number of rotatable bonds is 4. The van der Waals surface area contributed by atoms with Crippen molar-refractivity contribution in [2.45, 2.75) is 43.7 Å². The quantitative estimate of drug-likeness (QED) is 0.595. The molecule has 0 saturated heterocycles. The van der Waals surface area contributed by atoms with Gasteiger partial charge in [-0.1, -0.05) is 11.8 Å². The fraction of sp³-hybridized carbons (Fsp3) is 0.286. The van der Waals surface area contributed by atoms with E-state index >= 15 is 0 Å². The summed E-state index contributed by atoms with van der Waals surface area (Å²) in [6, 6.07) is 5.76. The van der Waals surface area contributed by atoms with Gasteiger partial charge in [0.15, 0.2) is 17.5 Å². The van der Waals surface area contributed by atoms with Gasteiger partial charge < -0.3 is 0 Å². The van der Waals surface area contributed by atoms with E-state index in [0.717, 1.165) is 34.5 Å². The SMILES string of the molecule is Cc1cc([C@H]2CONC(c3c(Sc4ccc(F)c(F)c4)nnc(C)c3C)=N2)c(C)s1. The number of aryl methyl sites for hydroxylation is 3. The fourth-order valence-electron chi connectivity index (χ4n) is 3.25. The summed E-state index contributed by atoms with van der Waals surface area (Å²) in [5, 5.41) is 9.05. The van der Waals surface area contributed by atoms with Gasteiger partial charge >= 0.3 is 0 Å². The molecule has 0 radical (unpaired) electrons. The summed E-state index contributed by atoms with van der Waals surface area (Å²) in [4.78, 5) is 13.5. The molecule has 3 aromatic rings. The van der Waals surface area contributed by atoms with Gasteiger partial charge in [0, 0.05) is 14.6 Å². The van der Waals surface area contributed by atoms with Gasteiger partial charge in [0.05, 0.1) is 11.3 Å². The smallest absolute Gasteiger partial charge is 0.159 e. The Hall–Kier alpha value is -2.36. The second-order valence-electron chi connectivity index (χ2n) is 7.04. The monoisotopic (exact) mass is 446 g/mol. The Kier molecular flexibility index (Phi) is 5.86. The molecule has 1 atom stereocenters. The van der Waals surface area contributed by atoms with Crippen molar-refractivity contribution < 1.29 is 13.6 Å². The van der Waals surface area contributed by atoms with Crippen LogP contribution in [0.15, 0.2) is 39.2 Å². The Morgan fingerprint density at radius 2 is 1.90 bits per heavy atom. The first-order valence-corrected chi connectivity index (χ1v) is 11.0. The lowest BCUT2D eigenvalue weighted by atomic mass is 10.1. The van der Waals surface area contributed by atoms with Gasteiger partial charge in [0.25, 0.3) is 0 Å². The highest BCUT2D eigenvalue weighted by Gasteiger charge is 2.25. The standard InChI is InChI=1S/C21H20F2N4OS2/c1-10-7-15(13(4)29-10)18-9-28-27-20(24-18)19-11(2)12(3)25-26-21(19)30-14-5-6-16(22)17(23)8-14/h5-8,18H,9H2,1-4H3,(H,24,27)/t18-/m1/s1. The summed E-state index contributed by atoms with van der Waals surface area (Å²) in [5.41, 5.74) is 6.45. The maximum Gasteiger partial charge on any atom is 0.159 e. The number of amidine groups is 1. The highest BCUT2D eigenvalue weighted by Crippen LogP contribution is 2.34. The maximum absolute atomic E-state index is 13.7. The highest BCUT2D eigenvalue weighted by molar-refractivity contribution is 7.99. The van der Waals surface area contributed by atoms with E-state index in [1.807, 2.05) is 13.8 Å². The molecule has 1 aliphatic rings. The first-order chi connectivity index (χ1) is 14.3. The average molecular weight is 447 g/mol. The summed E-state index contributed by atoms with van der Waals surface area (Å²) in [6.07, 6.45) is 0. The molecule has 0 saturated carbocycles. The van der Waals surface area contributed by atoms with Crippen molar-refractivity contribution in [2.24, 2.45) is 4.99 Å². The third-order valence-corrected chi connectivity index (χ3v) is 6.85. The van der Waals surface area contributed by atoms with Crippen LogP contribution in [-0.2, 0) is 4.84 Å². The number of nitrogens with zero attached hydrogens (tertiary/aromatic N) is 3. The van der Waals surface area contributed by atoms with Gasteiger partial charge in [-0.3, -0.25) is 9.83 Å². The molecule has 0 fully saturated rings. The number of hydroxylamine groups is 1. The Morgan fingerprint density at radius 1 is 1.10 bits per heavy atom. The number of aromatic nitrogens is 2. The van der Waals surface area contributed by atoms with Crippen LogP contribution < -0.4 is 5.48 Å². The largest absolute Gasteiger partial charge is 0.272 e. The van der Waals surface area contributed by atoms with E-state index in [1.54, 1.807) is 11.3 Å². The Morgan fingerprint density at radius 3 is 2.60 bits per heavy atom. The summed E-state index contributed by atoms with van der Waals surface area (Å²) >= 11 is 2.94. The number of nitrogens with one attached hydrogen (secondary N) is 1. The number of benzene rings is 1. The molecule has 1 N–H and O–H groups in total. The van der Waals surface area contributed by atoms with Crippen LogP contribution in [0.1, 0.15) is 38.2 Å². The number of thiophene rings is 1. The molecular weight excluding hydrogens is 426 g/mol. The molecule has 156 valence electrons. The van der Waals surface area contributed by atoms with Gasteiger partial charge in [0.1, 0.15) is 17.7 Å². The topological polar surface area (TPSA) is 59.4 Å². The molecule has 0 amide bonds. The van der Waals surface area contributed by atoms with Crippen molar-refractivity contribution in [3.05, 3.63) is 68.0 Å². The molecular formula is C21H20F2N4OS2. The molecule has 0 aliphatic carbocycles. The fourth-order valence-corrected chi connectivity index (χ4v) is 5.19. The molecule has 1 aliphatic heterocycles. The van der Waals surface area contributed by atoms with Crippen LogP contribution in [0.4, 0.5) is 8.78 Å². The van der Waals surface area contributed by atoms with Crippen molar-refractivity contribution in [1.82, 2.24) is 15.7 Å². The molecule has 0 spiro atoms. The van der Waals surface area contributed by atoms with Gasteiger partial charge in [-0.15, -0.1) is 16.4 Å². The zero-order valence-corrected chi connectivity index (χ0v) is 18.5. The van der Waals surface area contributed by atoms with E-state index in [9.17, 15) is 8.78 Å². The van der Waals surface area contributed by atoms with Gasteiger partial charge in [-0.25, -0.2) is 14.3 Å².